The summed E-state index contributed by atoms with van der Waals surface area (Å²) in [6.45, 7) is 2.62. The lowest BCUT2D eigenvalue weighted by Crippen LogP contribution is -2.41. The molecule has 6 heteroatoms. The molecule has 0 amide bonds. The summed E-state index contributed by atoms with van der Waals surface area (Å²) in [5.41, 5.74) is 0.518. The summed E-state index contributed by atoms with van der Waals surface area (Å²) in [7, 11) is 0. The van der Waals surface area contributed by atoms with Gasteiger partial charge in [0.1, 0.15) is 11.8 Å². The van der Waals surface area contributed by atoms with E-state index in [1.54, 1.807) is 24.3 Å². The topological polar surface area (TPSA) is 75.6 Å². The molecule has 0 fully saturated rings. The lowest BCUT2D eigenvalue weighted by molar-refractivity contribution is -0.138. The van der Waals surface area contributed by atoms with Gasteiger partial charge in [-0.15, -0.1) is 0 Å². The van der Waals surface area contributed by atoms with Crippen molar-refractivity contribution in [3.63, 3.8) is 0 Å². The number of carboxylic acid groups (broad SMARTS) is 1. The molecule has 0 saturated carbocycles. The van der Waals surface area contributed by atoms with Crippen LogP contribution in [0, 0.1) is 0 Å². The fourth-order valence-electron chi connectivity index (χ4n) is 1.50. The van der Waals surface area contributed by atoms with Crippen LogP contribution >= 0.6 is 12.6 Å². The van der Waals surface area contributed by atoms with Crippen molar-refractivity contribution in [3.05, 3.63) is 29.8 Å². The van der Waals surface area contributed by atoms with Crippen LogP contribution in [0.4, 0.5) is 0 Å². The molecule has 1 rings (SSSR count). The zero-order valence-electron chi connectivity index (χ0n) is 11.3. The van der Waals surface area contributed by atoms with Crippen molar-refractivity contribution in [2.45, 2.75) is 19.4 Å². The Bertz CT molecular complexity index is 447. The van der Waals surface area contributed by atoms with Crippen molar-refractivity contribution in [1.82, 2.24) is 5.32 Å². The van der Waals surface area contributed by atoms with Crippen molar-refractivity contribution in [2.75, 3.05) is 18.9 Å². The van der Waals surface area contributed by atoms with Gasteiger partial charge in [-0.1, -0.05) is 6.92 Å². The average molecular weight is 297 g/mol. The van der Waals surface area contributed by atoms with E-state index in [4.69, 9.17) is 9.84 Å². The highest BCUT2D eigenvalue weighted by atomic mass is 32.1. The van der Waals surface area contributed by atoms with Gasteiger partial charge in [0.15, 0.2) is 5.78 Å². The Morgan fingerprint density at radius 3 is 2.50 bits per heavy atom. The van der Waals surface area contributed by atoms with E-state index >= 15 is 0 Å². The van der Waals surface area contributed by atoms with Crippen LogP contribution in [0.5, 0.6) is 5.75 Å². The highest BCUT2D eigenvalue weighted by molar-refractivity contribution is 7.80. The molecule has 1 aromatic carbocycles. The third kappa shape index (κ3) is 5.22. The maximum absolute atomic E-state index is 11.9. The lowest BCUT2D eigenvalue weighted by Gasteiger charge is -2.11. The zero-order valence-corrected chi connectivity index (χ0v) is 12.2. The second-order valence-corrected chi connectivity index (χ2v) is 4.62. The van der Waals surface area contributed by atoms with Crippen molar-refractivity contribution >= 4 is 24.4 Å². The van der Waals surface area contributed by atoms with Gasteiger partial charge in [-0.25, -0.2) is 0 Å². The smallest absolute Gasteiger partial charge is 0.321 e. The van der Waals surface area contributed by atoms with Crippen LogP contribution < -0.4 is 10.1 Å². The first-order chi connectivity index (χ1) is 9.58. The number of nitrogens with one attached hydrogen (secondary N) is 1. The maximum atomic E-state index is 11.9. The van der Waals surface area contributed by atoms with Crippen molar-refractivity contribution in [3.8, 4) is 5.75 Å². The molecule has 0 radical (unpaired) electrons. The molecule has 1 unspecified atom stereocenters. The molecule has 0 heterocycles. The Morgan fingerprint density at radius 2 is 2.00 bits per heavy atom. The van der Waals surface area contributed by atoms with E-state index < -0.39 is 12.0 Å². The zero-order chi connectivity index (χ0) is 15.0. The predicted molar refractivity (Wildman–Crippen MR) is 79.8 cm³/mol. The van der Waals surface area contributed by atoms with Crippen LogP contribution in [0.15, 0.2) is 24.3 Å². The van der Waals surface area contributed by atoms with Gasteiger partial charge in [0.05, 0.1) is 13.2 Å². The minimum Gasteiger partial charge on any atom is -0.494 e. The summed E-state index contributed by atoms with van der Waals surface area (Å²) < 4.78 is 5.42. The second kappa shape index (κ2) is 8.60. The Kier molecular flexibility index (Phi) is 7.11. The van der Waals surface area contributed by atoms with Gasteiger partial charge < -0.3 is 9.84 Å². The van der Waals surface area contributed by atoms with Crippen LogP contribution in [0.2, 0.25) is 0 Å². The summed E-state index contributed by atoms with van der Waals surface area (Å²) in [6, 6.07) is 5.98. The number of rotatable bonds is 9. The molecule has 110 valence electrons. The third-order valence-corrected chi connectivity index (χ3v) is 3.00. The van der Waals surface area contributed by atoms with E-state index in [9.17, 15) is 9.59 Å². The minimum atomic E-state index is -1.02. The van der Waals surface area contributed by atoms with Gasteiger partial charge in [0, 0.05) is 11.3 Å². The van der Waals surface area contributed by atoms with E-state index in [0.717, 1.165) is 12.2 Å². The normalized spacial score (nSPS) is 11.9. The number of hydrogen-bond acceptors (Lipinski definition) is 5. The fourth-order valence-corrected chi connectivity index (χ4v) is 1.79. The van der Waals surface area contributed by atoms with Crippen molar-refractivity contribution in [1.29, 1.82) is 0 Å². The number of thiol groups is 1. The van der Waals surface area contributed by atoms with Gasteiger partial charge in [0.25, 0.3) is 0 Å². The average Bonchev–Trinajstić information content (AvgIpc) is 2.45. The molecule has 0 bridgehead atoms. The minimum absolute atomic E-state index is 0.0350. The number of carboxylic acids is 1. The lowest BCUT2D eigenvalue weighted by atomic mass is 10.1. The molecular weight excluding hydrogens is 278 g/mol. The van der Waals surface area contributed by atoms with Gasteiger partial charge in [-0.3, -0.25) is 14.9 Å². The SMILES string of the molecule is CCCOc1ccc(C(=O)CNC(CS)C(=O)O)cc1. The van der Waals surface area contributed by atoms with Crippen LogP contribution in [-0.4, -0.2) is 41.8 Å². The third-order valence-electron chi connectivity index (χ3n) is 2.64. The number of benzene rings is 1. The first kappa shape index (κ1) is 16.5. The summed E-state index contributed by atoms with van der Waals surface area (Å²) in [5, 5.41) is 11.5. The number of ketones is 1. The number of carbonyl (C=O) groups excluding carboxylic acids is 1. The van der Waals surface area contributed by atoms with Crippen LogP contribution in [-0.2, 0) is 4.79 Å². The van der Waals surface area contributed by atoms with E-state index in [2.05, 4.69) is 17.9 Å². The largest absolute Gasteiger partial charge is 0.494 e. The fraction of sp³-hybridized carbons (Fsp3) is 0.429. The first-order valence-electron chi connectivity index (χ1n) is 6.41. The number of aliphatic carboxylic acids is 1. The number of ether oxygens (including phenoxy) is 1. The quantitative estimate of drug-likeness (QED) is 0.477. The molecule has 20 heavy (non-hydrogen) atoms. The van der Waals surface area contributed by atoms with E-state index in [-0.39, 0.29) is 18.1 Å². The number of Topliss-reactive ketones (excluding diaryl/α,β-unsaturated/α-hetero) is 1. The summed E-state index contributed by atoms with van der Waals surface area (Å²) in [6.07, 6.45) is 0.922. The molecule has 0 aliphatic rings. The monoisotopic (exact) mass is 297 g/mol. The molecule has 0 spiro atoms. The van der Waals surface area contributed by atoms with Gasteiger partial charge >= 0.3 is 5.97 Å². The highest BCUT2D eigenvalue weighted by Gasteiger charge is 2.16. The molecule has 0 saturated heterocycles. The van der Waals surface area contributed by atoms with Crippen LogP contribution in [0.25, 0.3) is 0 Å². The molecule has 5 nitrogen and oxygen atoms in total. The van der Waals surface area contributed by atoms with Crippen LogP contribution in [0.1, 0.15) is 23.7 Å². The van der Waals surface area contributed by atoms with Gasteiger partial charge in [-0.2, -0.15) is 12.6 Å². The Labute approximate surface area is 123 Å². The first-order valence-corrected chi connectivity index (χ1v) is 7.04. The number of carbonyl (C=O) groups is 2. The molecule has 0 aromatic heterocycles. The van der Waals surface area contributed by atoms with E-state index in [1.165, 1.54) is 0 Å². The van der Waals surface area contributed by atoms with E-state index in [0.29, 0.717) is 12.2 Å². The highest BCUT2D eigenvalue weighted by Crippen LogP contribution is 2.12. The molecule has 1 atom stereocenters. The summed E-state index contributed by atoms with van der Waals surface area (Å²) >= 11 is 3.92. The Morgan fingerprint density at radius 1 is 1.35 bits per heavy atom. The standard InChI is InChI=1S/C14H19NO4S/c1-2-7-19-11-5-3-10(4-6-11)13(16)8-15-12(9-20)14(17)18/h3-6,12,15,20H,2,7-9H2,1H3,(H,17,18). The maximum Gasteiger partial charge on any atom is 0.321 e. The van der Waals surface area contributed by atoms with Crippen molar-refractivity contribution in [2.24, 2.45) is 0 Å². The molecule has 0 aliphatic heterocycles. The summed E-state index contributed by atoms with van der Waals surface area (Å²) in [4.78, 5) is 22.7. The van der Waals surface area contributed by atoms with E-state index in [1.807, 2.05) is 6.92 Å². The molecule has 1 aromatic rings. The molecular formula is C14H19NO4S. The second-order valence-electron chi connectivity index (χ2n) is 4.25. The Balaban J connectivity index is 2.53. The van der Waals surface area contributed by atoms with Crippen molar-refractivity contribution < 1.29 is 19.4 Å². The van der Waals surface area contributed by atoms with Crippen LogP contribution in [0.3, 0.4) is 0 Å². The van der Waals surface area contributed by atoms with Gasteiger partial charge in [-0.05, 0) is 30.7 Å². The molecule has 0 aliphatic carbocycles. The Hall–Kier alpha value is -1.53. The van der Waals surface area contributed by atoms with Gasteiger partial charge in [0.2, 0.25) is 0 Å². The molecule has 2 N–H and O–H groups in total. The number of hydrogen-bond donors (Lipinski definition) is 3. The predicted octanol–water partition coefficient (Wildman–Crippen LogP) is 1.63. The summed E-state index contributed by atoms with van der Waals surface area (Å²) in [5.74, 6) is -0.335.